The minimum absolute atomic E-state index is 0.343. The third-order valence-electron chi connectivity index (χ3n) is 2.89. The Hall–Kier alpha value is -1.48. The Balaban J connectivity index is 2.34. The van der Waals surface area contributed by atoms with Gasteiger partial charge >= 0.3 is 5.69 Å². The second kappa shape index (κ2) is 5.02. The van der Waals surface area contributed by atoms with Crippen molar-refractivity contribution in [1.82, 2.24) is 9.55 Å². The summed E-state index contributed by atoms with van der Waals surface area (Å²) in [4.78, 5) is 24.6. The predicted molar refractivity (Wildman–Crippen MR) is 59.1 cm³/mol. The lowest BCUT2D eigenvalue weighted by Gasteiger charge is -2.17. The molecule has 0 aromatic carbocycles. The third-order valence-corrected chi connectivity index (χ3v) is 2.89. The van der Waals surface area contributed by atoms with Gasteiger partial charge < -0.3 is 19.7 Å². The summed E-state index contributed by atoms with van der Waals surface area (Å²) in [5.41, 5.74) is -1.23. The van der Waals surface area contributed by atoms with Crippen LogP contribution in [0.25, 0.3) is 0 Å². The van der Waals surface area contributed by atoms with Gasteiger partial charge in [-0.25, -0.2) is 4.79 Å². The minimum atomic E-state index is -1.12. The number of methoxy groups -OCH3 is 1. The molecule has 1 aliphatic heterocycles. The highest BCUT2D eigenvalue weighted by atomic mass is 16.6. The van der Waals surface area contributed by atoms with Crippen LogP contribution in [0.2, 0.25) is 0 Å². The molecule has 0 unspecified atom stereocenters. The summed E-state index contributed by atoms with van der Waals surface area (Å²) in [6, 6.07) is 1.14. The number of aromatic amines is 1. The van der Waals surface area contributed by atoms with E-state index in [2.05, 4.69) is 4.98 Å². The predicted octanol–water partition coefficient (Wildman–Crippen LogP) is -2.20. The van der Waals surface area contributed by atoms with E-state index in [0.717, 1.165) is 10.6 Å². The first-order valence-corrected chi connectivity index (χ1v) is 5.37. The smallest absolute Gasteiger partial charge is 0.330 e. The van der Waals surface area contributed by atoms with E-state index in [4.69, 9.17) is 14.6 Å². The van der Waals surface area contributed by atoms with Crippen molar-refractivity contribution in [3.8, 4) is 0 Å². The summed E-state index contributed by atoms with van der Waals surface area (Å²) in [5.74, 6) is 0. The van der Waals surface area contributed by atoms with Crippen LogP contribution in [0, 0.1) is 0 Å². The molecule has 0 bridgehead atoms. The summed E-state index contributed by atoms with van der Waals surface area (Å²) in [5, 5.41) is 19.1. The van der Waals surface area contributed by atoms with Gasteiger partial charge in [0.15, 0.2) is 6.23 Å². The summed E-state index contributed by atoms with van der Waals surface area (Å²) in [6.07, 6.45) is -2.36. The Morgan fingerprint density at radius 2 is 2.28 bits per heavy atom. The first kappa shape index (κ1) is 13.0. The average Bonchev–Trinajstić information content (AvgIpc) is 2.66. The summed E-state index contributed by atoms with van der Waals surface area (Å²) in [7, 11) is 1.37. The van der Waals surface area contributed by atoms with Gasteiger partial charge in [0, 0.05) is 19.4 Å². The zero-order valence-electron chi connectivity index (χ0n) is 9.65. The van der Waals surface area contributed by atoms with Gasteiger partial charge in [-0.3, -0.25) is 14.3 Å². The highest BCUT2D eigenvalue weighted by Crippen LogP contribution is 2.29. The van der Waals surface area contributed by atoms with Crippen molar-refractivity contribution in [2.45, 2.75) is 24.5 Å². The average molecular weight is 258 g/mol. The molecular weight excluding hydrogens is 244 g/mol. The molecule has 1 fully saturated rings. The van der Waals surface area contributed by atoms with Crippen LogP contribution in [0.3, 0.4) is 0 Å². The Morgan fingerprint density at radius 3 is 2.78 bits per heavy atom. The van der Waals surface area contributed by atoms with E-state index in [1.165, 1.54) is 13.3 Å². The first-order chi connectivity index (χ1) is 8.58. The number of H-pyrrole nitrogens is 1. The van der Waals surface area contributed by atoms with Gasteiger partial charge in [-0.1, -0.05) is 0 Å². The van der Waals surface area contributed by atoms with Gasteiger partial charge in [0.25, 0.3) is 5.56 Å². The number of hydrogen-bond acceptors (Lipinski definition) is 6. The lowest BCUT2D eigenvalue weighted by Crippen LogP contribution is -2.38. The van der Waals surface area contributed by atoms with Gasteiger partial charge in [-0.15, -0.1) is 0 Å². The molecule has 2 rings (SSSR count). The van der Waals surface area contributed by atoms with Crippen molar-refractivity contribution in [3.63, 3.8) is 0 Å². The number of ether oxygens (including phenoxy) is 2. The Morgan fingerprint density at radius 1 is 1.56 bits per heavy atom. The lowest BCUT2D eigenvalue weighted by atomic mass is 10.1. The van der Waals surface area contributed by atoms with Crippen LogP contribution in [0.5, 0.6) is 0 Å². The van der Waals surface area contributed by atoms with E-state index < -0.39 is 35.8 Å². The van der Waals surface area contributed by atoms with E-state index in [9.17, 15) is 14.7 Å². The molecule has 0 amide bonds. The number of rotatable bonds is 3. The van der Waals surface area contributed by atoms with Crippen LogP contribution in [0.1, 0.15) is 6.23 Å². The molecule has 1 aliphatic rings. The molecular formula is C10H14N2O6. The Bertz CT molecular complexity index is 524. The van der Waals surface area contributed by atoms with Crippen molar-refractivity contribution in [3.05, 3.63) is 33.1 Å². The molecule has 3 N–H and O–H groups in total. The SMILES string of the molecule is CO[C@H]1[C@H](O)[C@@H](n2ccc(=O)[nH]c2=O)O[C@H]1CO. The maximum Gasteiger partial charge on any atom is 0.330 e. The number of nitrogens with zero attached hydrogens (tertiary/aromatic N) is 1. The molecule has 2 heterocycles. The second-order valence-corrected chi connectivity index (χ2v) is 3.96. The van der Waals surface area contributed by atoms with Crippen LogP contribution in [0.15, 0.2) is 21.9 Å². The molecule has 1 aromatic rings. The number of aliphatic hydroxyl groups is 2. The van der Waals surface area contributed by atoms with Crippen LogP contribution < -0.4 is 11.2 Å². The molecule has 100 valence electrons. The summed E-state index contributed by atoms with van der Waals surface area (Å²) < 4.78 is 11.4. The lowest BCUT2D eigenvalue weighted by molar-refractivity contribution is -0.0569. The first-order valence-electron chi connectivity index (χ1n) is 5.37. The van der Waals surface area contributed by atoms with Crippen molar-refractivity contribution in [1.29, 1.82) is 0 Å². The molecule has 8 nitrogen and oxygen atoms in total. The van der Waals surface area contributed by atoms with Gasteiger partial charge in [-0.05, 0) is 0 Å². The standard InChI is InChI=1S/C10H14N2O6/c1-17-8-5(4-13)18-9(7(8)15)12-3-2-6(14)11-10(12)16/h2-3,5,7-9,13,15H,4H2,1H3,(H,11,14,16)/t5-,7-,8+,9-/m0/s1. The molecule has 0 aliphatic carbocycles. The van der Waals surface area contributed by atoms with Crippen LogP contribution in [-0.4, -0.2) is 51.8 Å². The summed E-state index contributed by atoms with van der Waals surface area (Å²) in [6.45, 7) is -0.343. The number of aliphatic hydroxyl groups excluding tert-OH is 2. The minimum Gasteiger partial charge on any atom is -0.394 e. The zero-order valence-corrected chi connectivity index (χ0v) is 9.65. The second-order valence-electron chi connectivity index (χ2n) is 3.96. The highest BCUT2D eigenvalue weighted by molar-refractivity contribution is 4.93. The maximum absolute atomic E-state index is 11.6. The van der Waals surface area contributed by atoms with E-state index in [-0.39, 0.29) is 6.61 Å². The van der Waals surface area contributed by atoms with Crippen molar-refractivity contribution >= 4 is 0 Å². The van der Waals surface area contributed by atoms with E-state index in [1.54, 1.807) is 0 Å². The zero-order chi connectivity index (χ0) is 13.3. The van der Waals surface area contributed by atoms with Gasteiger partial charge in [0.05, 0.1) is 6.61 Å². The highest BCUT2D eigenvalue weighted by Gasteiger charge is 2.44. The normalized spacial score (nSPS) is 31.7. The molecule has 4 atom stereocenters. The largest absolute Gasteiger partial charge is 0.394 e. The molecule has 18 heavy (non-hydrogen) atoms. The van der Waals surface area contributed by atoms with E-state index in [1.807, 2.05) is 0 Å². The quantitative estimate of drug-likeness (QED) is 0.567. The van der Waals surface area contributed by atoms with Crippen molar-refractivity contribution in [2.24, 2.45) is 0 Å². The molecule has 1 saturated heterocycles. The van der Waals surface area contributed by atoms with Crippen LogP contribution in [-0.2, 0) is 9.47 Å². The van der Waals surface area contributed by atoms with Gasteiger partial charge in [0.2, 0.25) is 0 Å². The third kappa shape index (κ3) is 2.10. The summed E-state index contributed by atoms with van der Waals surface area (Å²) >= 11 is 0. The number of hydrogen-bond donors (Lipinski definition) is 3. The van der Waals surface area contributed by atoms with Crippen molar-refractivity contribution < 1.29 is 19.7 Å². The van der Waals surface area contributed by atoms with Gasteiger partial charge in [0.1, 0.15) is 18.3 Å². The van der Waals surface area contributed by atoms with Crippen LogP contribution in [0.4, 0.5) is 0 Å². The van der Waals surface area contributed by atoms with Gasteiger partial charge in [-0.2, -0.15) is 0 Å². The molecule has 1 aromatic heterocycles. The van der Waals surface area contributed by atoms with Crippen LogP contribution >= 0.6 is 0 Å². The molecule has 8 heteroatoms. The molecule has 0 saturated carbocycles. The number of aromatic nitrogens is 2. The Labute approximate surface area is 101 Å². The van der Waals surface area contributed by atoms with Crippen molar-refractivity contribution in [2.75, 3.05) is 13.7 Å². The maximum atomic E-state index is 11.6. The fraction of sp³-hybridized carbons (Fsp3) is 0.600. The number of nitrogens with one attached hydrogen (secondary N) is 1. The molecule has 0 radical (unpaired) electrons. The fourth-order valence-electron chi connectivity index (χ4n) is 2.02. The van der Waals surface area contributed by atoms with E-state index >= 15 is 0 Å². The topological polar surface area (TPSA) is 114 Å². The fourth-order valence-corrected chi connectivity index (χ4v) is 2.02. The van der Waals surface area contributed by atoms with E-state index in [0.29, 0.717) is 0 Å². The molecule has 0 spiro atoms. The Kier molecular flexibility index (Phi) is 3.62. The monoisotopic (exact) mass is 258 g/mol.